The molecule has 0 aromatic heterocycles. The number of hydrogen-bond acceptors (Lipinski definition) is 2. The zero-order valence-corrected chi connectivity index (χ0v) is 7.70. The van der Waals surface area contributed by atoms with Crippen molar-refractivity contribution < 1.29 is 9.90 Å². The minimum atomic E-state index is 0.0139. The van der Waals surface area contributed by atoms with Crippen LogP contribution in [0.15, 0.2) is 0 Å². The lowest BCUT2D eigenvalue weighted by molar-refractivity contribution is -0.108. The van der Waals surface area contributed by atoms with Crippen molar-refractivity contribution in [2.45, 2.75) is 45.1 Å². The molecule has 1 N–H and O–H groups in total. The molecular weight excluding hydrogens is 152 g/mol. The number of aliphatic hydroxyl groups is 1. The van der Waals surface area contributed by atoms with E-state index in [0.717, 1.165) is 25.5 Å². The minimum Gasteiger partial charge on any atom is -0.393 e. The van der Waals surface area contributed by atoms with Crippen molar-refractivity contribution in [1.82, 2.24) is 0 Å². The van der Waals surface area contributed by atoms with Crippen molar-refractivity contribution >= 4 is 6.29 Å². The van der Waals surface area contributed by atoms with E-state index < -0.39 is 0 Å². The molecule has 0 heterocycles. The summed E-state index contributed by atoms with van der Waals surface area (Å²) < 4.78 is 0. The molecule has 0 aliphatic heterocycles. The van der Waals surface area contributed by atoms with Crippen LogP contribution in [0.1, 0.15) is 39.0 Å². The zero-order valence-electron chi connectivity index (χ0n) is 7.70. The van der Waals surface area contributed by atoms with Crippen LogP contribution < -0.4 is 0 Å². The Labute approximate surface area is 74.0 Å². The van der Waals surface area contributed by atoms with Crippen LogP contribution >= 0.6 is 0 Å². The Hall–Kier alpha value is -0.370. The molecule has 0 bridgehead atoms. The first-order valence-electron chi connectivity index (χ1n) is 4.91. The highest BCUT2D eigenvalue weighted by Crippen LogP contribution is 2.33. The van der Waals surface area contributed by atoms with Crippen LogP contribution in [0.5, 0.6) is 0 Å². The number of carbonyl (C=O) groups is 1. The van der Waals surface area contributed by atoms with Crippen LogP contribution in [-0.4, -0.2) is 17.5 Å². The molecule has 0 amide bonds. The van der Waals surface area contributed by atoms with Gasteiger partial charge in [-0.05, 0) is 38.0 Å². The third-order valence-corrected chi connectivity index (χ3v) is 2.40. The van der Waals surface area contributed by atoms with Crippen molar-refractivity contribution in [2.75, 3.05) is 0 Å². The van der Waals surface area contributed by atoms with E-state index >= 15 is 0 Å². The summed E-state index contributed by atoms with van der Waals surface area (Å²) in [5.74, 6) is 1.12. The Kier molecular flexibility index (Phi) is 3.73. The normalized spacial score (nSPS) is 23.8. The second-order valence-corrected chi connectivity index (χ2v) is 3.79. The van der Waals surface area contributed by atoms with Gasteiger partial charge in [0.15, 0.2) is 0 Å². The van der Waals surface area contributed by atoms with Gasteiger partial charge in [0.25, 0.3) is 0 Å². The molecule has 1 unspecified atom stereocenters. The number of hydrogen-bond donors (Lipinski definition) is 1. The number of carbonyl (C=O) groups excluding carboxylic acids is 1. The number of aldehydes is 1. The summed E-state index contributed by atoms with van der Waals surface area (Å²) in [5.41, 5.74) is 0. The number of aliphatic hydroxyl groups excluding tert-OH is 1. The number of rotatable bonds is 3. The van der Waals surface area contributed by atoms with Crippen LogP contribution in [0.25, 0.3) is 0 Å². The van der Waals surface area contributed by atoms with Gasteiger partial charge in [-0.25, -0.2) is 0 Å². The molecule has 70 valence electrons. The second-order valence-electron chi connectivity index (χ2n) is 3.79. The van der Waals surface area contributed by atoms with Crippen molar-refractivity contribution in [3.05, 3.63) is 0 Å². The lowest BCUT2D eigenvalue weighted by atomic mass is 10.2. The van der Waals surface area contributed by atoms with Crippen molar-refractivity contribution in [3.8, 4) is 0 Å². The Bertz CT molecular complexity index is 137. The fourth-order valence-corrected chi connectivity index (χ4v) is 1.05. The Morgan fingerprint density at radius 3 is 2.08 bits per heavy atom. The van der Waals surface area contributed by atoms with E-state index in [9.17, 15) is 4.79 Å². The summed E-state index contributed by atoms with van der Waals surface area (Å²) in [5, 5.41) is 9.00. The molecule has 2 saturated carbocycles. The van der Waals surface area contributed by atoms with E-state index in [0.29, 0.717) is 11.8 Å². The van der Waals surface area contributed by atoms with Gasteiger partial charge in [-0.15, -0.1) is 0 Å². The second kappa shape index (κ2) is 4.61. The lowest BCUT2D eigenvalue weighted by Gasteiger charge is -2.01. The van der Waals surface area contributed by atoms with Crippen molar-refractivity contribution in [3.63, 3.8) is 0 Å². The predicted molar refractivity (Wildman–Crippen MR) is 47.8 cm³/mol. The fourth-order valence-electron chi connectivity index (χ4n) is 1.05. The van der Waals surface area contributed by atoms with E-state index in [1.54, 1.807) is 0 Å². The molecular formula is C10H18O2. The van der Waals surface area contributed by atoms with Crippen LogP contribution in [0.3, 0.4) is 0 Å². The highest BCUT2D eigenvalue weighted by atomic mass is 16.3. The Balaban J connectivity index is 0.000000127. The average molecular weight is 170 g/mol. The molecule has 2 nitrogen and oxygen atoms in total. The maximum absolute atomic E-state index is 9.57. The van der Waals surface area contributed by atoms with Crippen molar-refractivity contribution in [1.29, 1.82) is 0 Å². The Morgan fingerprint density at radius 2 is 2.00 bits per heavy atom. The molecule has 2 aliphatic carbocycles. The van der Waals surface area contributed by atoms with Gasteiger partial charge in [0, 0.05) is 5.92 Å². The first-order valence-corrected chi connectivity index (χ1v) is 4.91. The highest BCUT2D eigenvalue weighted by molar-refractivity contribution is 5.56. The average Bonchev–Trinajstić information content (AvgIpc) is 2.90. The van der Waals surface area contributed by atoms with Gasteiger partial charge in [-0.3, -0.25) is 0 Å². The molecule has 2 rings (SSSR count). The molecule has 1 atom stereocenters. The van der Waals surface area contributed by atoms with E-state index in [-0.39, 0.29) is 6.10 Å². The van der Waals surface area contributed by atoms with Gasteiger partial charge in [-0.2, -0.15) is 0 Å². The van der Waals surface area contributed by atoms with Gasteiger partial charge in [0.1, 0.15) is 6.29 Å². The summed E-state index contributed by atoms with van der Waals surface area (Å²) in [4.78, 5) is 9.57. The van der Waals surface area contributed by atoms with Crippen LogP contribution in [0, 0.1) is 11.8 Å². The summed E-state index contributed by atoms with van der Waals surface area (Å²) in [6.07, 6.45) is 6.78. The topological polar surface area (TPSA) is 37.3 Å². The standard InChI is InChI=1S/C6H12O.C4H6O/c1-2-6(7)5-3-4-5;5-3-4-1-2-4/h5-7H,2-4H2,1H3;3-4H,1-2H2. The molecule has 0 spiro atoms. The summed E-state index contributed by atoms with van der Waals surface area (Å²) in [6, 6.07) is 0. The third kappa shape index (κ3) is 3.86. The largest absolute Gasteiger partial charge is 0.393 e. The fraction of sp³-hybridized carbons (Fsp3) is 0.900. The van der Waals surface area contributed by atoms with E-state index in [2.05, 4.69) is 0 Å². The molecule has 0 radical (unpaired) electrons. The predicted octanol–water partition coefficient (Wildman–Crippen LogP) is 1.76. The lowest BCUT2D eigenvalue weighted by Crippen LogP contribution is -2.05. The maximum atomic E-state index is 9.57. The first kappa shape index (κ1) is 9.72. The van der Waals surface area contributed by atoms with Gasteiger partial charge in [0.2, 0.25) is 0 Å². The molecule has 2 aliphatic rings. The smallest absolute Gasteiger partial charge is 0.123 e. The van der Waals surface area contributed by atoms with Gasteiger partial charge in [-0.1, -0.05) is 6.92 Å². The molecule has 0 saturated heterocycles. The molecule has 2 heteroatoms. The quantitative estimate of drug-likeness (QED) is 0.655. The SMILES string of the molecule is CCC(O)C1CC1.O=CC1CC1. The maximum Gasteiger partial charge on any atom is 0.123 e. The van der Waals surface area contributed by atoms with Crippen molar-refractivity contribution in [2.24, 2.45) is 11.8 Å². The minimum absolute atomic E-state index is 0.0139. The molecule has 0 aromatic carbocycles. The van der Waals surface area contributed by atoms with Gasteiger partial charge in [0.05, 0.1) is 6.10 Å². The molecule has 0 aromatic rings. The highest BCUT2D eigenvalue weighted by Gasteiger charge is 2.27. The Morgan fingerprint density at radius 1 is 1.42 bits per heavy atom. The molecule has 2 fully saturated rings. The van der Waals surface area contributed by atoms with Gasteiger partial charge < -0.3 is 9.90 Å². The zero-order chi connectivity index (χ0) is 8.97. The van der Waals surface area contributed by atoms with E-state index in [4.69, 9.17) is 5.11 Å². The summed E-state index contributed by atoms with van der Waals surface area (Å²) >= 11 is 0. The van der Waals surface area contributed by atoms with Crippen LogP contribution in [0.4, 0.5) is 0 Å². The summed E-state index contributed by atoms with van der Waals surface area (Å²) in [6.45, 7) is 2.03. The monoisotopic (exact) mass is 170 g/mol. The van der Waals surface area contributed by atoms with E-state index in [1.807, 2.05) is 6.92 Å². The van der Waals surface area contributed by atoms with Gasteiger partial charge >= 0.3 is 0 Å². The summed E-state index contributed by atoms with van der Waals surface area (Å²) in [7, 11) is 0. The van der Waals surface area contributed by atoms with E-state index in [1.165, 1.54) is 12.8 Å². The molecule has 12 heavy (non-hydrogen) atoms. The third-order valence-electron chi connectivity index (χ3n) is 2.40. The first-order chi connectivity index (χ1) is 5.77. The van der Waals surface area contributed by atoms with Crippen LogP contribution in [-0.2, 0) is 4.79 Å². The van der Waals surface area contributed by atoms with Crippen LogP contribution in [0.2, 0.25) is 0 Å².